The fourth-order valence-electron chi connectivity index (χ4n) is 2.03. The van der Waals surface area contributed by atoms with Gasteiger partial charge in [-0.2, -0.15) is 0 Å². The van der Waals surface area contributed by atoms with E-state index in [0.717, 1.165) is 22.4 Å². The summed E-state index contributed by atoms with van der Waals surface area (Å²) in [6, 6.07) is 10.2. The SMILES string of the molecule is C=CCc1cc(N)ccc1OCc1ccc(F)cc1C. The summed E-state index contributed by atoms with van der Waals surface area (Å²) in [7, 11) is 0. The van der Waals surface area contributed by atoms with Crippen LogP contribution in [0.5, 0.6) is 5.75 Å². The molecule has 2 rings (SSSR count). The van der Waals surface area contributed by atoms with Gasteiger partial charge in [0.1, 0.15) is 18.2 Å². The van der Waals surface area contributed by atoms with E-state index in [4.69, 9.17) is 10.5 Å². The highest BCUT2D eigenvalue weighted by molar-refractivity contribution is 5.48. The maximum Gasteiger partial charge on any atom is 0.123 e. The molecule has 0 fully saturated rings. The minimum Gasteiger partial charge on any atom is -0.489 e. The normalized spacial score (nSPS) is 10.3. The van der Waals surface area contributed by atoms with Gasteiger partial charge in [0.15, 0.2) is 0 Å². The second kappa shape index (κ2) is 6.24. The van der Waals surface area contributed by atoms with Crippen molar-refractivity contribution in [3.8, 4) is 5.75 Å². The standard InChI is InChI=1S/C17H18FNO/c1-3-4-13-10-16(19)7-8-17(13)20-11-14-5-6-15(18)9-12(14)2/h3,5-10H,1,4,11,19H2,2H3. The Kier molecular flexibility index (Phi) is 4.41. The first kappa shape index (κ1) is 14.1. The highest BCUT2D eigenvalue weighted by Gasteiger charge is 2.05. The van der Waals surface area contributed by atoms with Gasteiger partial charge in [0, 0.05) is 5.69 Å². The van der Waals surface area contributed by atoms with Gasteiger partial charge in [0.2, 0.25) is 0 Å². The predicted molar refractivity (Wildman–Crippen MR) is 80.2 cm³/mol. The molecule has 0 aliphatic heterocycles. The molecule has 20 heavy (non-hydrogen) atoms. The molecule has 0 unspecified atom stereocenters. The third kappa shape index (κ3) is 3.38. The van der Waals surface area contributed by atoms with E-state index in [2.05, 4.69) is 6.58 Å². The number of hydrogen-bond donors (Lipinski definition) is 1. The first-order valence-electron chi connectivity index (χ1n) is 6.47. The summed E-state index contributed by atoms with van der Waals surface area (Å²) >= 11 is 0. The lowest BCUT2D eigenvalue weighted by atomic mass is 10.1. The average Bonchev–Trinajstić information content (AvgIpc) is 2.40. The topological polar surface area (TPSA) is 35.2 Å². The van der Waals surface area contributed by atoms with Gasteiger partial charge < -0.3 is 10.5 Å². The molecule has 0 amide bonds. The van der Waals surface area contributed by atoms with Gasteiger partial charge in [-0.05, 0) is 60.4 Å². The molecule has 2 aromatic rings. The van der Waals surface area contributed by atoms with Gasteiger partial charge in [-0.25, -0.2) is 4.39 Å². The van der Waals surface area contributed by atoms with Crippen LogP contribution in [-0.2, 0) is 13.0 Å². The van der Waals surface area contributed by atoms with E-state index in [9.17, 15) is 4.39 Å². The number of anilines is 1. The van der Waals surface area contributed by atoms with E-state index in [-0.39, 0.29) is 5.82 Å². The largest absolute Gasteiger partial charge is 0.489 e. The van der Waals surface area contributed by atoms with Crippen LogP contribution in [0.3, 0.4) is 0 Å². The Labute approximate surface area is 118 Å². The molecule has 2 N–H and O–H groups in total. The predicted octanol–water partition coefficient (Wildman–Crippen LogP) is 4.02. The first-order valence-corrected chi connectivity index (χ1v) is 6.47. The van der Waals surface area contributed by atoms with Crippen LogP contribution in [0.25, 0.3) is 0 Å². The second-order valence-electron chi connectivity index (χ2n) is 4.72. The van der Waals surface area contributed by atoms with Crippen LogP contribution in [0.15, 0.2) is 49.1 Å². The summed E-state index contributed by atoms with van der Waals surface area (Å²) in [5, 5.41) is 0. The van der Waals surface area contributed by atoms with Gasteiger partial charge in [-0.3, -0.25) is 0 Å². The molecule has 0 spiro atoms. The zero-order valence-electron chi connectivity index (χ0n) is 11.5. The lowest BCUT2D eigenvalue weighted by Gasteiger charge is -2.12. The maximum absolute atomic E-state index is 13.1. The van der Waals surface area contributed by atoms with Crippen LogP contribution in [0.1, 0.15) is 16.7 Å². The third-order valence-electron chi connectivity index (χ3n) is 3.14. The Hall–Kier alpha value is -2.29. The number of nitrogens with two attached hydrogens (primary N) is 1. The number of hydrogen-bond acceptors (Lipinski definition) is 2. The van der Waals surface area contributed by atoms with Crippen LogP contribution < -0.4 is 10.5 Å². The fraction of sp³-hybridized carbons (Fsp3) is 0.176. The quantitative estimate of drug-likeness (QED) is 0.658. The van der Waals surface area contributed by atoms with Gasteiger partial charge in [0.25, 0.3) is 0 Å². The zero-order chi connectivity index (χ0) is 14.5. The number of benzene rings is 2. The number of aryl methyl sites for hydroxylation is 1. The van der Waals surface area contributed by atoms with Crippen molar-refractivity contribution in [2.24, 2.45) is 0 Å². The van der Waals surface area contributed by atoms with Crippen LogP contribution in [0.4, 0.5) is 10.1 Å². The molecule has 0 radical (unpaired) electrons. The molecule has 0 saturated heterocycles. The Morgan fingerprint density at radius 1 is 1.20 bits per heavy atom. The van der Waals surface area contributed by atoms with Gasteiger partial charge in [0.05, 0.1) is 0 Å². The molecule has 2 aromatic carbocycles. The van der Waals surface area contributed by atoms with E-state index in [0.29, 0.717) is 18.7 Å². The third-order valence-corrected chi connectivity index (χ3v) is 3.14. The van der Waals surface area contributed by atoms with Crippen molar-refractivity contribution in [2.45, 2.75) is 20.0 Å². The molecule has 0 saturated carbocycles. The van der Waals surface area contributed by atoms with E-state index < -0.39 is 0 Å². The lowest BCUT2D eigenvalue weighted by Crippen LogP contribution is -2.01. The molecule has 0 aliphatic rings. The van der Waals surface area contributed by atoms with Gasteiger partial charge in [-0.1, -0.05) is 12.1 Å². The molecule has 0 aliphatic carbocycles. The molecule has 0 heterocycles. The molecule has 0 bridgehead atoms. The van der Waals surface area contributed by atoms with Crippen molar-refractivity contribution in [3.05, 3.63) is 71.6 Å². The van der Waals surface area contributed by atoms with Crippen molar-refractivity contribution in [1.29, 1.82) is 0 Å². The highest BCUT2D eigenvalue weighted by Crippen LogP contribution is 2.24. The van der Waals surface area contributed by atoms with Gasteiger partial charge >= 0.3 is 0 Å². The summed E-state index contributed by atoms with van der Waals surface area (Å²) in [5.41, 5.74) is 9.32. The maximum atomic E-state index is 13.1. The Morgan fingerprint density at radius 3 is 2.70 bits per heavy atom. The summed E-state index contributed by atoms with van der Waals surface area (Å²) < 4.78 is 18.9. The lowest BCUT2D eigenvalue weighted by molar-refractivity contribution is 0.302. The Bertz CT molecular complexity index is 622. The van der Waals surface area contributed by atoms with Crippen molar-refractivity contribution in [3.63, 3.8) is 0 Å². The van der Waals surface area contributed by atoms with Gasteiger partial charge in [-0.15, -0.1) is 6.58 Å². The number of ether oxygens (including phenoxy) is 1. The summed E-state index contributed by atoms with van der Waals surface area (Å²) in [4.78, 5) is 0. The molecule has 0 aromatic heterocycles. The van der Waals surface area contributed by atoms with Crippen LogP contribution in [-0.4, -0.2) is 0 Å². The van der Waals surface area contributed by atoms with Crippen molar-refractivity contribution in [1.82, 2.24) is 0 Å². The molecule has 104 valence electrons. The average molecular weight is 271 g/mol. The number of halogens is 1. The minimum atomic E-state index is -0.230. The zero-order valence-corrected chi connectivity index (χ0v) is 11.5. The smallest absolute Gasteiger partial charge is 0.123 e. The summed E-state index contributed by atoms with van der Waals surface area (Å²) in [6.07, 6.45) is 2.51. The number of allylic oxidation sites excluding steroid dienone is 1. The summed E-state index contributed by atoms with van der Waals surface area (Å²) in [6.45, 7) is 6.00. The van der Waals surface area contributed by atoms with Crippen LogP contribution >= 0.6 is 0 Å². The van der Waals surface area contributed by atoms with Crippen molar-refractivity contribution >= 4 is 5.69 Å². The van der Waals surface area contributed by atoms with Crippen molar-refractivity contribution in [2.75, 3.05) is 5.73 Å². The molecule has 0 atom stereocenters. The van der Waals surface area contributed by atoms with E-state index in [1.54, 1.807) is 12.1 Å². The monoisotopic (exact) mass is 271 g/mol. The molecule has 3 heteroatoms. The fourth-order valence-corrected chi connectivity index (χ4v) is 2.03. The second-order valence-corrected chi connectivity index (χ2v) is 4.72. The Balaban J connectivity index is 2.16. The Morgan fingerprint density at radius 2 is 2.00 bits per heavy atom. The first-order chi connectivity index (χ1) is 9.60. The van der Waals surface area contributed by atoms with E-state index in [1.165, 1.54) is 12.1 Å². The molecular weight excluding hydrogens is 253 g/mol. The number of nitrogen functional groups attached to an aromatic ring is 1. The van der Waals surface area contributed by atoms with Crippen LogP contribution in [0, 0.1) is 12.7 Å². The molecular formula is C17H18FNO. The molecule has 2 nitrogen and oxygen atoms in total. The number of rotatable bonds is 5. The van der Waals surface area contributed by atoms with E-state index >= 15 is 0 Å². The van der Waals surface area contributed by atoms with Crippen LogP contribution in [0.2, 0.25) is 0 Å². The summed E-state index contributed by atoms with van der Waals surface area (Å²) in [5.74, 6) is 0.550. The minimum absolute atomic E-state index is 0.230. The highest BCUT2D eigenvalue weighted by atomic mass is 19.1. The van der Waals surface area contributed by atoms with Crippen molar-refractivity contribution < 1.29 is 9.13 Å². The van der Waals surface area contributed by atoms with E-state index in [1.807, 2.05) is 25.1 Å².